The molecule has 0 atom stereocenters. The molecule has 1 aliphatic rings. The molecule has 0 unspecified atom stereocenters. The Kier molecular flexibility index (Phi) is 8.09. The molecule has 0 radical (unpaired) electrons. The van der Waals surface area contributed by atoms with Gasteiger partial charge in [-0.2, -0.15) is 0 Å². The molecule has 1 fully saturated rings. The lowest BCUT2D eigenvalue weighted by Crippen LogP contribution is -2.40. The van der Waals surface area contributed by atoms with Gasteiger partial charge in [-0.1, -0.05) is 17.7 Å². The van der Waals surface area contributed by atoms with Gasteiger partial charge in [0, 0.05) is 29.4 Å². The summed E-state index contributed by atoms with van der Waals surface area (Å²) in [6.07, 6.45) is 0. The zero-order valence-corrected chi connectivity index (χ0v) is 20.7. The largest absolute Gasteiger partial charge is 0.484 e. The van der Waals surface area contributed by atoms with E-state index in [1.165, 1.54) is 30.3 Å². The molecule has 1 saturated heterocycles. The van der Waals surface area contributed by atoms with Crippen molar-refractivity contribution in [3.05, 3.63) is 83.4 Å². The van der Waals surface area contributed by atoms with Crippen molar-refractivity contribution in [3.8, 4) is 5.75 Å². The fourth-order valence-electron chi connectivity index (χ4n) is 3.47. The Balaban J connectivity index is 1.28. The van der Waals surface area contributed by atoms with Gasteiger partial charge in [0.15, 0.2) is 6.61 Å². The number of morpholine rings is 1. The van der Waals surface area contributed by atoms with Gasteiger partial charge >= 0.3 is 0 Å². The van der Waals surface area contributed by atoms with Crippen molar-refractivity contribution in [2.75, 3.05) is 42.9 Å². The highest BCUT2D eigenvalue weighted by Gasteiger charge is 2.18. The van der Waals surface area contributed by atoms with Crippen LogP contribution in [0.5, 0.6) is 5.75 Å². The average Bonchev–Trinajstić information content (AvgIpc) is 2.88. The summed E-state index contributed by atoms with van der Waals surface area (Å²) in [6.45, 7) is 1.92. The molecule has 3 aromatic rings. The van der Waals surface area contributed by atoms with Gasteiger partial charge in [0.2, 0.25) is 0 Å². The molecule has 4 rings (SSSR count). The van der Waals surface area contributed by atoms with Crippen LogP contribution in [0.15, 0.2) is 77.7 Å². The number of anilines is 2. The molecule has 11 heteroatoms. The quantitative estimate of drug-likeness (QED) is 0.460. The fourth-order valence-corrected chi connectivity index (χ4v) is 4.71. The summed E-state index contributed by atoms with van der Waals surface area (Å²) < 4.78 is 38.4. The van der Waals surface area contributed by atoms with Gasteiger partial charge in [0.1, 0.15) is 5.75 Å². The minimum absolute atomic E-state index is 0.0310. The molecule has 2 amide bonds. The summed E-state index contributed by atoms with van der Waals surface area (Å²) in [4.78, 5) is 26.5. The van der Waals surface area contributed by atoms with Gasteiger partial charge in [-0.3, -0.25) is 14.3 Å². The van der Waals surface area contributed by atoms with Crippen molar-refractivity contribution in [2.24, 2.45) is 0 Å². The lowest BCUT2D eigenvalue weighted by molar-refractivity contribution is -0.118. The Morgan fingerprint density at radius 1 is 0.944 bits per heavy atom. The standard InChI is InChI=1S/C25H24ClN3O6S/c26-19-2-1-3-21(16-19)28-36(32,33)23-10-6-20(7-11-23)27-24(30)17-35-22-8-4-18(5-9-22)25(31)29-12-14-34-15-13-29/h1-11,16,28H,12-15,17H2,(H,27,30). The predicted octanol–water partition coefficient (Wildman–Crippen LogP) is 3.63. The Hall–Kier alpha value is -3.60. The van der Waals surface area contributed by atoms with E-state index in [2.05, 4.69) is 10.0 Å². The molecule has 9 nitrogen and oxygen atoms in total. The predicted molar refractivity (Wildman–Crippen MR) is 136 cm³/mol. The number of carbonyl (C=O) groups excluding carboxylic acids is 2. The van der Waals surface area contributed by atoms with Crippen LogP contribution in [-0.2, 0) is 19.6 Å². The molecular formula is C25H24ClN3O6S. The van der Waals surface area contributed by atoms with Crippen molar-refractivity contribution >= 4 is 44.8 Å². The number of nitrogens with one attached hydrogen (secondary N) is 2. The summed E-state index contributed by atoms with van der Waals surface area (Å²) in [5.41, 5.74) is 1.29. The minimum atomic E-state index is -3.82. The van der Waals surface area contributed by atoms with Gasteiger partial charge in [0.05, 0.1) is 23.8 Å². The Morgan fingerprint density at radius 2 is 1.64 bits per heavy atom. The Morgan fingerprint density at radius 3 is 2.31 bits per heavy atom. The number of carbonyl (C=O) groups is 2. The third kappa shape index (κ3) is 6.75. The molecule has 2 N–H and O–H groups in total. The lowest BCUT2D eigenvalue weighted by Gasteiger charge is -2.26. The van der Waals surface area contributed by atoms with Crippen molar-refractivity contribution in [2.45, 2.75) is 4.90 Å². The number of hydrogen-bond acceptors (Lipinski definition) is 6. The molecule has 0 bridgehead atoms. The van der Waals surface area contributed by atoms with E-state index in [9.17, 15) is 18.0 Å². The number of sulfonamides is 1. The molecule has 188 valence electrons. The average molecular weight is 530 g/mol. The summed E-state index contributed by atoms with van der Waals surface area (Å²) >= 11 is 5.90. The second kappa shape index (κ2) is 11.4. The van der Waals surface area contributed by atoms with E-state index in [1.807, 2.05) is 0 Å². The zero-order valence-electron chi connectivity index (χ0n) is 19.1. The van der Waals surface area contributed by atoms with E-state index in [1.54, 1.807) is 47.4 Å². The van der Waals surface area contributed by atoms with E-state index in [-0.39, 0.29) is 17.4 Å². The van der Waals surface area contributed by atoms with Gasteiger partial charge in [-0.25, -0.2) is 8.42 Å². The summed E-state index contributed by atoms with van der Waals surface area (Å²) in [5, 5.41) is 3.06. The van der Waals surface area contributed by atoms with Gasteiger partial charge in [-0.05, 0) is 66.7 Å². The van der Waals surface area contributed by atoms with Crippen LogP contribution < -0.4 is 14.8 Å². The highest BCUT2D eigenvalue weighted by molar-refractivity contribution is 7.92. The first kappa shape index (κ1) is 25.5. The Labute approximate surface area is 214 Å². The molecular weight excluding hydrogens is 506 g/mol. The second-order valence-electron chi connectivity index (χ2n) is 7.91. The minimum Gasteiger partial charge on any atom is -0.484 e. The van der Waals surface area contributed by atoms with Crippen molar-refractivity contribution in [1.29, 1.82) is 0 Å². The molecule has 1 heterocycles. The van der Waals surface area contributed by atoms with Crippen LogP contribution >= 0.6 is 11.6 Å². The third-order valence-corrected chi connectivity index (χ3v) is 6.93. The number of nitrogens with zero attached hydrogens (tertiary/aromatic N) is 1. The molecule has 0 aliphatic carbocycles. The first-order chi connectivity index (χ1) is 17.3. The maximum absolute atomic E-state index is 12.6. The molecule has 0 spiro atoms. The van der Waals surface area contributed by atoms with Crippen LogP contribution in [0.2, 0.25) is 5.02 Å². The van der Waals surface area contributed by atoms with Crippen molar-refractivity contribution < 1.29 is 27.5 Å². The van der Waals surface area contributed by atoms with Crippen LogP contribution in [0.1, 0.15) is 10.4 Å². The van der Waals surface area contributed by atoms with Crippen LogP contribution in [0.4, 0.5) is 11.4 Å². The van der Waals surface area contributed by atoms with E-state index < -0.39 is 15.9 Å². The molecule has 0 aromatic heterocycles. The normalized spacial score (nSPS) is 13.6. The highest BCUT2D eigenvalue weighted by Crippen LogP contribution is 2.21. The first-order valence-corrected chi connectivity index (χ1v) is 12.9. The number of hydrogen-bond donors (Lipinski definition) is 2. The number of halogens is 1. The molecule has 36 heavy (non-hydrogen) atoms. The maximum Gasteiger partial charge on any atom is 0.262 e. The van der Waals surface area contributed by atoms with Crippen LogP contribution in [0.25, 0.3) is 0 Å². The van der Waals surface area contributed by atoms with Gasteiger partial charge < -0.3 is 19.7 Å². The summed E-state index contributed by atoms with van der Waals surface area (Å²) in [7, 11) is -3.82. The van der Waals surface area contributed by atoms with E-state index in [4.69, 9.17) is 21.1 Å². The lowest BCUT2D eigenvalue weighted by atomic mass is 10.2. The highest BCUT2D eigenvalue weighted by atomic mass is 35.5. The van der Waals surface area contributed by atoms with Crippen LogP contribution in [-0.4, -0.2) is 58.0 Å². The monoisotopic (exact) mass is 529 g/mol. The van der Waals surface area contributed by atoms with Crippen molar-refractivity contribution in [1.82, 2.24) is 4.90 Å². The van der Waals surface area contributed by atoms with Gasteiger partial charge in [0.25, 0.3) is 21.8 Å². The van der Waals surface area contributed by atoms with E-state index in [0.717, 1.165) is 0 Å². The molecule has 1 aliphatic heterocycles. The van der Waals surface area contributed by atoms with E-state index in [0.29, 0.717) is 54.0 Å². The summed E-state index contributed by atoms with van der Waals surface area (Å²) in [5.74, 6) is -0.0517. The number of ether oxygens (including phenoxy) is 2. The fraction of sp³-hybridized carbons (Fsp3) is 0.200. The summed E-state index contributed by atoms with van der Waals surface area (Å²) in [6, 6.07) is 18.7. The number of amides is 2. The van der Waals surface area contributed by atoms with Gasteiger partial charge in [-0.15, -0.1) is 0 Å². The SMILES string of the molecule is O=C(COc1ccc(C(=O)N2CCOCC2)cc1)Nc1ccc(S(=O)(=O)Nc2cccc(Cl)c2)cc1. The second-order valence-corrected chi connectivity index (χ2v) is 10.0. The molecule has 3 aromatic carbocycles. The maximum atomic E-state index is 12.6. The zero-order chi connectivity index (χ0) is 25.5. The van der Waals surface area contributed by atoms with Crippen LogP contribution in [0, 0.1) is 0 Å². The van der Waals surface area contributed by atoms with E-state index >= 15 is 0 Å². The smallest absolute Gasteiger partial charge is 0.262 e. The van der Waals surface area contributed by atoms with Crippen molar-refractivity contribution in [3.63, 3.8) is 0 Å². The third-order valence-electron chi connectivity index (χ3n) is 5.29. The first-order valence-electron chi connectivity index (χ1n) is 11.1. The topological polar surface area (TPSA) is 114 Å². The Bertz CT molecular complexity index is 1320. The van der Waals surface area contributed by atoms with Crippen LogP contribution in [0.3, 0.4) is 0 Å². The molecule has 0 saturated carbocycles. The number of rotatable bonds is 8. The number of benzene rings is 3.